The van der Waals surface area contributed by atoms with Crippen molar-refractivity contribution >= 4 is 45.6 Å². The quantitative estimate of drug-likeness (QED) is 0.124. The molecule has 0 unspecified atom stereocenters. The van der Waals surface area contributed by atoms with Gasteiger partial charge in [-0.05, 0) is 103 Å². The number of benzene rings is 2. The van der Waals surface area contributed by atoms with E-state index in [9.17, 15) is 9.59 Å². The van der Waals surface area contributed by atoms with E-state index in [0.29, 0.717) is 21.5 Å². The van der Waals surface area contributed by atoms with Gasteiger partial charge in [0.1, 0.15) is 18.1 Å². The fraction of sp³-hybridized carbons (Fsp3) is 0.207. The Kier molecular flexibility index (Phi) is 9.34. The lowest BCUT2D eigenvalue weighted by Gasteiger charge is -2.15. The Hall–Kier alpha value is -4.02. The Balaban J connectivity index is 1.30. The van der Waals surface area contributed by atoms with Crippen molar-refractivity contribution in [3.63, 3.8) is 0 Å². The molecule has 4 rings (SSSR count). The van der Waals surface area contributed by atoms with E-state index in [0.717, 1.165) is 17.1 Å². The summed E-state index contributed by atoms with van der Waals surface area (Å²) >= 11 is 9.67. The van der Waals surface area contributed by atoms with Gasteiger partial charge in [0.05, 0.1) is 22.8 Å². The molecule has 0 spiro atoms. The second-order valence-electron chi connectivity index (χ2n) is 8.80. The second kappa shape index (κ2) is 12.9. The fourth-order valence-electron chi connectivity index (χ4n) is 3.88. The van der Waals surface area contributed by atoms with Crippen LogP contribution in [0.3, 0.4) is 0 Å². The Morgan fingerprint density at radius 1 is 1.10 bits per heavy atom. The smallest absolute Gasteiger partial charge is 0.346 e. The molecule has 9 nitrogen and oxygen atoms in total. The summed E-state index contributed by atoms with van der Waals surface area (Å²) in [6.45, 7) is 5.83. The fourth-order valence-corrected chi connectivity index (χ4v) is 4.83. The Morgan fingerprint density at radius 2 is 1.80 bits per heavy atom. The number of aromatic nitrogens is 1. The van der Waals surface area contributed by atoms with Gasteiger partial charge in [0.25, 0.3) is 0 Å². The summed E-state index contributed by atoms with van der Waals surface area (Å²) in [6.07, 6.45) is 0.570. The lowest BCUT2D eigenvalue weighted by atomic mass is 10.2. The van der Waals surface area contributed by atoms with Crippen LogP contribution in [-0.2, 0) is 16.1 Å². The van der Waals surface area contributed by atoms with E-state index >= 15 is 0 Å². The van der Waals surface area contributed by atoms with E-state index in [1.54, 1.807) is 31.2 Å². The Bertz CT molecular complexity index is 1500. The normalized spacial score (nSPS) is 11.8. The molecule has 1 N–H and O–H groups in total. The molecule has 2 heterocycles. The molecule has 40 heavy (non-hydrogen) atoms. The molecular formula is C29H27BrClN3O6. The van der Waals surface area contributed by atoms with Crippen molar-refractivity contribution in [1.82, 2.24) is 9.99 Å². The van der Waals surface area contributed by atoms with Crippen LogP contribution < -0.4 is 14.9 Å². The van der Waals surface area contributed by atoms with E-state index < -0.39 is 18.0 Å². The van der Waals surface area contributed by atoms with Crippen molar-refractivity contribution in [2.75, 3.05) is 7.11 Å². The van der Waals surface area contributed by atoms with Gasteiger partial charge in [-0.3, -0.25) is 4.79 Å². The molecule has 0 aliphatic carbocycles. The third-order valence-corrected chi connectivity index (χ3v) is 6.73. The summed E-state index contributed by atoms with van der Waals surface area (Å²) in [7, 11) is 1.27. The van der Waals surface area contributed by atoms with Crippen LogP contribution in [0.25, 0.3) is 5.69 Å². The number of rotatable bonds is 10. The van der Waals surface area contributed by atoms with Crippen LogP contribution in [0.15, 0.2) is 74.7 Å². The summed E-state index contributed by atoms with van der Waals surface area (Å²) in [4.78, 5) is 24.1. The van der Waals surface area contributed by atoms with Gasteiger partial charge in [-0.25, -0.2) is 10.2 Å². The number of hydrogen-bond acceptors (Lipinski definition) is 7. The number of esters is 1. The molecule has 4 aromatic rings. The molecule has 0 aliphatic heterocycles. The molecule has 0 bridgehead atoms. The van der Waals surface area contributed by atoms with Crippen molar-refractivity contribution in [3.8, 4) is 17.2 Å². The molecule has 11 heteroatoms. The number of halogens is 2. The zero-order chi connectivity index (χ0) is 28.8. The Labute approximate surface area is 244 Å². The first-order chi connectivity index (χ1) is 19.2. The number of hydrogen-bond donors (Lipinski definition) is 1. The number of nitrogens with one attached hydrogen (secondary N) is 1. The van der Waals surface area contributed by atoms with Crippen molar-refractivity contribution in [2.45, 2.75) is 33.5 Å². The molecule has 2 aromatic heterocycles. The number of methoxy groups -OCH3 is 1. The van der Waals surface area contributed by atoms with E-state index in [-0.39, 0.29) is 23.1 Å². The van der Waals surface area contributed by atoms with Crippen LogP contribution in [0.1, 0.15) is 40.2 Å². The minimum atomic E-state index is -0.842. The third kappa shape index (κ3) is 6.94. The standard InChI is InChI=1S/C29H27BrClN3O6/c1-17-5-6-18(2)34(17)21-7-9-22(10-8-21)38-16-23-11-12-26(40-23)28(35)33-32-15-20-13-24(30)27(25(31)14-20)39-19(3)29(36)37-4/h5-15,19H,16H2,1-4H3,(H,33,35)/b32-15+/t19-/m0/s1. The largest absolute Gasteiger partial charge is 0.486 e. The highest BCUT2D eigenvalue weighted by Crippen LogP contribution is 2.35. The van der Waals surface area contributed by atoms with Crippen molar-refractivity contribution in [3.05, 3.63) is 98.6 Å². The topological polar surface area (TPSA) is 104 Å². The van der Waals surface area contributed by atoms with Gasteiger partial charge < -0.3 is 23.2 Å². The number of ether oxygens (including phenoxy) is 3. The lowest BCUT2D eigenvalue weighted by Crippen LogP contribution is -2.25. The van der Waals surface area contributed by atoms with E-state index in [2.05, 4.69) is 61.7 Å². The average molecular weight is 629 g/mol. The van der Waals surface area contributed by atoms with Crippen LogP contribution in [0.5, 0.6) is 11.5 Å². The first-order valence-corrected chi connectivity index (χ1v) is 13.4. The first kappa shape index (κ1) is 29.0. The van der Waals surface area contributed by atoms with Crippen LogP contribution in [0.4, 0.5) is 0 Å². The summed E-state index contributed by atoms with van der Waals surface area (Å²) in [5.41, 5.74) is 6.36. The maximum atomic E-state index is 12.5. The van der Waals surface area contributed by atoms with Crippen LogP contribution >= 0.6 is 27.5 Å². The van der Waals surface area contributed by atoms with Gasteiger partial charge in [0.2, 0.25) is 0 Å². The predicted octanol–water partition coefficient (Wildman–Crippen LogP) is 6.39. The third-order valence-electron chi connectivity index (χ3n) is 5.86. The van der Waals surface area contributed by atoms with Crippen molar-refractivity contribution < 1.29 is 28.2 Å². The molecule has 0 fully saturated rings. The van der Waals surface area contributed by atoms with Gasteiger partial charge in [0, 0.05) is 17.1 Å². The van der Waals surface area contributed by atoms with Gasteiger partial charge in [0.15, 0.2) is 17.6 Å². The average Bonchev–Trinajstić information content (AvgIpc) is 3.55. The van der Waals surface area contributed by atoms with Gasteiger partial charge in [-0.1, -0.05) is 11.6 Å². The zero-order valence-corrected chi connectivity index (χ0v) is 24.6. The number of carbonyl (C=O) groups excluding carboxylic acids is 2. The minimum absolute atomic E-state index is 0.0874. The minimum Gasteiger partial charge on any atom is -0.486 e. The maximum Gasteiger partial charge on any atom is 0.346 e. The predicted molar refractivity (Wildman–Crippen MR) is 155 cm³/mol. The van der Waals surface area contributed by atoms with E-state index in [4.69, 9.17) is 25.5 Å². The van der Waals surface area contributed by atoms with Crippen molar-refractivity contribution in [1.29, 1.82) is 0 Å². The maximum absolute atomic E-state index is 12.5. The van der Waals surface area contributed by atoms with Crippen LogP contribution in [0.2, 0.25) is 5.02 Å². The highest BCUT2D eigenvalue weighted by molar-refractivity contribution is 9.10. The molecule has 0 radical (unpaired) electrons. The molecule has 1 atom stereocenters. The number of nitrogens with zero attached hydrogens (tertiary/aromatic N) is 2. The van der Waals surface area contributed by atoms with Gasteiger partial charge in [-0.15, -0.1) is 0 Å². The Morgan fingerprint density at radius 3 is 2.45 bits per heavy atom. The number of aryl methyl sites for hydroxylation is 2. The monoisotopic (exact) mass is 627 g/mol. The van der Waals surface area contributed by atoms with Gasteiger partial charge >= 0.3 is 11.9 Å². The summed E-state index contributed by atoms with van der Waals surface area (Å²) < 4.78 is 24.3. The lowest BCUT2D eigenvalue weighted by molar-refractivity contribution is -0.147. The highest BCUT2D eigenvalue weighted by Gasteiger charge is 2.19. The van der Waals surface area contributed by atoms with Gasteiger partial charge in [-0.2, -0.15) is 5.10 Å². The second-order valence-corrected chi connectivity index (χ2v) is 10.1. The van der Waals surface area contributed by atoms with E-state index in [1.165, 1.54) is 13.3 Å². The van der Waals surface area contributed by atoms with Crippen molar-refractivity contribution in [2.24, 2.45) is 5.10 Å². The molecule has 0 saturated heterocycles. The highest BCUT2D eigenvalue weighted by atomic mass is 79.9. The summed E-state index contributed by atoms with van der Waals surface area (Å²) in [6, 6.07) is 18.4. The van der Waals surface area contributed by atoms with E-state index in [1.807, 2.05) is 24.3 Å². The molecule has 2 aromatic carbocycles. The molecule has 208 valence electrons. The van der Waals surface area contributed by atoms with Crippen LogP contribution in [-0.4, -0.2) is 35.9 Å². The summed E-state index contributed by atoms with van der Waals surface area (Å²) in [5, 5.41) is 4.21. The number of carbonyl (C=O) groups is 2. The molecule has 0 aliphatic rings. The molecule has 0 saturated carbocycles. The number of hydrazone groups is 1. The summed E-state index contributed by atoms with van der Waals surface area (Å²) in [5.74, 6) is 0.484. The number of furan rings is 1. The SMILES string of the molecule is COC(=O)[C@H](C)Oc1c(Cl)cc(/C=N/NC(=O)c2ccc(COc3ccc(-n4c(C)ccc4C)cc3)o2)cc1Br. The molecule has 1 amide bonds. The first-order valence-electron chi connectivity index (χ1n) is 12.2. The number of amides is 1. The van der Waals surface area contributed by atoms with Crippen LogP contribution in [0, 0.1) is 13.8 Å². The molecular weight excluding hydrogens is 602 g/mol. The zero-order valence-electron chi connectivity index (χ0n) is 22.2.